The van der Waals surface area contributed by atoms with Crippen molar-refractivity contribution < 1.29 is 19.1 Å². The molecule has 1 amide bonds. The first kappa shape index (κ1) is 22.7. The topological polar surface area (TPSA) is 72.0 Å². The molecule has 2 aliphatic heterocycles. The summed E-state index contributed by atoms with van der Waals surface area (Å²) in [4.78, 5) is 35.2. The van der Waals surface area contributed by atoms with Crippen molar-refractivity contribution in [3.05, 3.63) is 28.0 Å². The molecule has 0 radical (unpaired) electrons. The van der Waals surface area contributed by atoms with Gasteiger partial charge in [0.1, 0.15) is 10.2 Å². The van der Waals surface area contributed by atoms with E-state index in [0.717, 1.165) is 50.5 Å². The summed E-state index contributed by atoms with van der Waals surface area (Å²) in [5.41, 5.74) is 1.11. The van der Waals surface area contributed by atoms with Gasteiger partial charge in [-0.15, -0.1) is 0 Å². The van der Waals surface area contributed by atoms with Crippen LogP contribution in [0.4, 0.5) is 4.79 Å². The number of amides is 1. The molecule has 3 heterocycles. The number of Topliss-reactive ketones (excluding diaryl/α,β-unsaturated/α-hetero) is 1. The average Bonchev–Trinajstić information content (AvgIpc) is 3.26. The van der Waals surface area contributed by atoms with Crippen LogP contribution in [0.3, 0.4) is 0 Å². The summed E-state index contributed by atoms with van der Waals surface area (Å²) >= 11 is 3.40. The summed E-state index contributed by atoms with van der Waals surface area (Å²) in [7, 11) is 0. The van der Waals surface area contributed by atoms with Crippen LogP contribution in [0.2, 0.25) is 0 Å². The molecule has 31 heavy (non-hydrogen) atoms. The normalized spacial score (nSPS) is 28.4. The first-order valence-electron chi connectivity index (χ1n) is 11.0. The monoisotopic (exact) mass is 493 g/mol. The number of piperidine rings is 1. The number of rotatable bonds is 5. The maximum Gasteiger partial charge on any atom is 0.411 e. The van der Waals surface area contributed by atoms with Crippen LogP contribution < -0.4 is 0 Å². The number of carbonyl (C=O) groups is 2. The molecule has 0 N–H and O–H groups in total. The summed E-state index contributed by atoms with van der Waals surface area (Å²) in [6.45, 7) is 11.7. The smallest absolute Gasteiger partial charge is 0.411 e. The average molecular weight is 494 g/mol. The van der Waals surface area contributed by atoms with Crippen molar-refractivity contribution in [2.24, 2.45) is 5.41 Å². The number of fused-ring (bicyclic) bond motifs is 1. The summed E-state index contributed by atoms with van der Waals surface area (Å²) in [6.07, 6.45) is 1.47. The molecule has 3 aliphatic rings. The zero-order chi connectivity index (χ0) is 22.4. The molecule has 7 nitrogen and oxygen atoms in total. The lowest BCUT2D eigenvalue weighted by Crippen LogP contribution is -2.46. The minimum absolute atomic E-state index is 0.0195. The van der Waals surface area contributed by atoms with Crippen molar-refractivity contribution >= 4 is 27.8 Å². The molecule has 0 bridgehead atoms. The second kappa shape index (κ2) is 8.45. The lowest BCUT2D eigenvalue weighted by atomic mass is 9.94. The van der Waals surface area contributed by atoms with Crippen molar-refractivity contribution in [2.75, 3.05) is 32.8 Å². The molecule has 1 aromatic heterocycles. The molecule has 3 fully saturated rings. The fraction of sp³-hybridized carbons (Fsp3) is 0.696. The number of hydrogen-bond donors (Lipinski definition) is 0. The lowest BCUT2D eigenvalue weighted by molar-refractivity contribution is -0.123. The van der Waals surface area contributed by atoms with Gasteiger partial charge >= 0.3 is 6.09 Å². The van der Waals surface area contributed by atoms with Gasteiger partial charge in [0.2, 0.25) is 0 Å². The first-order valence-corrected chi connectivity index (χ1v) is 11.8. The van der Waals surface area contributed by atoms with Gasteiger partial charge in [-0.1, -0.05) is 6.07 Å². The standard InChI is InChI=1S/C23H32BrN3O4/c1-15-5-6-20(24)25-16(15)11-18(28)17-12-23(14-26-7-9-30-10-8-26)13-19(23)27(17)21(29)31-22(2,3)4/h5-6,17,19H,7-14H2,1-4H3/t17-,19?,23?/m0/s1. The van der Waals surface area contributed by atoms with Gasteiger partial charge in [0, 0.05) is 31.1 Å². The predicted octanol–water partition coefficient (Wildman–Crippen LogP) is 3.36. The van der Waals surface area contributed by atoms with E-state index in [2.05, 4.69) is 25.8 Å². The molecule has 8 heteroatoms. The molecule has 3 atom stereocenters. The van der Waals surface area contributed by atoms with Crippen LogP contribution in [0.15, 0.2) is 16.7 Å². The number of aryl methyl sites for hydroxylation is 1. The van der Waals surface area contributed by atoms with Crippen LogP contribution in [-0.2, 0) is 20.7 Å². The van der Waals surface area contributed by atoms with E-state index < -0.39 is 11.6 Å². The zero-order valence-electron chi connectivity index (χ0n) is 18.8. The molecule has 0 aromatic carbocycles. The van der Waals surface area contributed by atoms with Gasteiger partial charge in [-0.25, -0.2) is 9.78 Å². The zero-order valence-corrected chi connectivity index (χ0v) is 20.4. The molecular weight excluding hydrogens is 462 g/mol. The highest BCUT2D eigenvalue weighted by Crippen LogP contribution is 2.60. The Labute approximate surface area is 192 Å². The quantitative estimate of drug-likeness (QED) is 0.585. The lowest BCUT2D eigenvalue weighted by Gasteiger charge is -2.30. The Hall–Kier alpha value is -1.51. The number of likely N-dealkylation sites (tertiary alicyclic amines) is 1. The van der Waals surface area contributed by atoms with Gasteiger partial charge < -0.3 is 9.47 Å². The minimum Gasteiger partial charge on any atom is -0.444 e. The maximum atomic E-state index is 13.4. The van der Waals surface area contributed by atoms with E-state index in [9.17, 15) is 9.59 Å². The van der Waals surface area contributed by atoms with Gasteiger partial charge in [0.05, 0.1) is 31.4 Å². The third kappa shape index (κ3) is 4.96. The molecule has 1 aromatic rings. The summed E-state index contributed by atoms with van der Waals surface area (Å²) in [5, 5.41) is 0. The van der Waals surface area contributed by atoms with Gasteiger partial charge in [-0.3, -0.25) is 14.6 Å². The van der Waals surface area contributed by atoms with Crippen LogP contribution in [0, 0.1) is 12.3 Å². The predicted molar refractivity (Wildman–Crippen MR) is 120 cm³/mol. The third-order valence-electron chi connectivity index (χ3n) is 6.55. The van der Waals surface area contributed by atoms with E-state index in [1.807, 2.05) is 39.8 Å². The number of ketones is 1. The van der Waals surface area contributed by atoms with Crippen LogP contribution in [-0.4, -0.2) is 77.2 Å². The van der Waals surface area contributed by atoms with Gasteiger partial charge in [-0.05, 0) is 68.1 Å². The van der Waals surface area contributed by atoms with E-state index >= 15 is 0 Å². The van der Waals surface area contributed by atoms with Gasteiger partial charge in [0.25, 0.3) is 0 Å². The number of halogens is 1. The largest absolute Gasteiger partial charge is 0.444 e. The molecule has 2 saturated heterocycles. The van der Waals surface area contributed by atoms with Gasteiger partial charge in [-0.2, -0.15) is 0 Å². The highest BCUT2D eigenvalue weighted by atomic mass is 79.9. The Bertz CT molecular complexity index is 865. The maximum absolute atomic E-state index is 13.4. The SMILES string of the molecule is Cc1ccc(Br)nc1CC(=O)[C@@H]1CC2(CN3CCOCC3)CC2N1C(=O)OC(C)(C)C. The molecule has 0 spiro atoms. The number of nitrogens with zero attached hydrogens (tertiary/aromatic N) is 3. The molecule has 170 valence electrons. The highest BCUT2D eigenvalue weighted by molar-refractivity contribution is 9.10. The van der Waals surface area contributed by atoms with Crippen molar-refractivity contribution in [3.8, 4) is 0 Å². The Morgan fingerprint density at radius 3 is 2.65 bits per heavy atom. The van der Waals surface area contributed by atoms with E-state index in [0.29, 0.717) is 11.0 Å². The van der Waals surface area contributed by atoms with Crippen molar-refractivity contribution in [1.29, 1.82) is 0 Å². The van der Waals surface area contributed by atoms with Crippen LogP contribution in [0.1, 0.15) is 44.9 Å². The number of hydrogen-bond acceptors (Lipinski definition) is 6. The summed E-state index contributed by atoms with van der Waals surface area (Å²) < 4.78 is 11.9. The molecule has 4 rings (SSSR count). The Balaban J connectivity index is 1.54. The minimum atomic E-state index is -0.600. The first-order chi connectivity index (χ1) is 14.6. The van der Waals surface area contributed by atoms with E-state index in [4.69, 9.17) is 9.47 Å². The van der Waals surface area contributed by atoms with Crippen LogP contribution >= 0.6 is 15.9 Å². The van der Waals surface area contributed by atoms with Gasteiger partial charge in [0.15, 0.2) is 5.78 Å². The molecule has 1 saturated carbocycles. The van der Waals surface area contributed by atoms with E-state index in [1.165, 1.54) is 0 Å². The number of pyridine rings is 1. The van der Waals surface area contributed by atoms with Crippen LogP contribution in [0.25, 0.3) is 0 Å². The van der Waals surface area contributed by atoms with Crippen molar-refractivity contribution in [3.63, 3.8) is 0 Å². The second-order valence-corrected chi connectivity index (χ2v) is 10.9. The number of ether oxygens (including phenoxy) is 2. The molecule has 1 aliphatic carbocycles. The van der Waals surface area contributed by atoms with Crippen molar-refractivity contribution in [1.82, 2.24) is 14.8 Å². The number of morpholine rings is 1. The number of aromatic nitrogens is 1. The molecular formula is C23H32BrN3O4. The summed E-state index contributed by atoms with van der Waals surface area (Å²) in [5.74, 6) is 0.0353. The Morgan fingerprint density at radius 1 is 1.26 bits per heavy atom. The summed E-state index contributed by atoms with van der Waals surface area (Å²) in [6, 6.07) is 3.43. The molecule has 2 unspecified atom stereocenters. The number of carbonyl (C=O) groups excluding carboxylic acids is 2. The van der Waals surface area contributed by atoms with Crippen molar-refractivity contribution in [2.45, 2.75) is 64.6 Å². The van der Waals surface area contributed by atoms with Crippen LogP contribution in [0.5, 0.6) is 0 Å². The Kier molecular flexibility index (Phi) is 6.18. The Morgan fingerprint density at radius 2 is 1.97 bits per heavy atom. The second-order valence-electron chi connectivity index (χ2n) is 10.1. The third-order valence-corrected chi connectivity index (χ3v) is 6.99. The van der Waals surface area contributed by atoms with E-state index in [-0.39, 0.29) is 29.8 Å². The van der Waals surface area contributed by atoms with E-state index in [1.54, 1.807) is 4.90 Å². The fourth-order valence-corrected chi connectivity index (χ4v) is 5.27. The highest BCUT2D eigenvalue weighted by Gasteiger charge is 2.67. The fourth-order valence-electron chi connectivity index (χ4n) is 4.92.